The van der Waals surface area contributed by atoms with Crippen LogP contribution >= 0.6 is 11.3 Å². The van der Waals surface area contributed by atoms with Crippen LogP contribution in [0.5, 0.6) is 0 Å². The lowest BCUT2D eigenvalue weighted by Crippen LogP contribution is -1.74. The van der Waals surface area contributed by atoms with Gasteiger partial charge in [-0.15, -0.1) is 11.3 Å². The molecule has 0 radical (unpaired) electrons. The molecule has 1 aromatic heterocycles. The Morgan fingerprint density at radius 1 is 1.69 bits per heavy atom. The summed E-state index contributed by atoms with van der Waals surface area (Å²) in [4.78, 5) is 1.34. The number of thiophene rings is 1. The molecule has 0 N–H and O–H groups in total. The zero-order valence-electron chi connectivity index (χ0n) is 7.72. The van der Waals surface area contributed by atoms with E-state index in [4.69, 9.17) is 0 Å². The predicted octanol–water partition coefficient (Wildman–Crippen LogP) is 4.10. The van der Waals surface area contributed by atoms with Gasteiger partial charge in [-0.1, -0.05) is 18.7 Å². The van der Waals surface area contributed by atoms with Gasteiger partial charge in [0, 0.05) is 11.3 Å². The summed E-state index contributed by atoms with van der Waals surface area (Å²) in [5.41, 5.74) is 2.62. The Hall–Kier alpha value is -0.850. The SMILES string of the molecule is CCC(F)=C=CCCc1cccs1. The maximum atomic E-state index is 12.6. The van der Waals surface area contributed by atoms with Gasteiger partial charge >= 0.3 is 0 Å². The first-order chi connectivity index (χ1) is 6.33. The van der Waals surface area contributed by atoms with Crippen molar-refractivity contribution in [2.24, 2.45) is 0 Å². The molecule has 1 rings (SSSR count). The minimum absolute atomic E-state index is 0.161. The molecule has 0 unspecified atom stereocenters. The van der Waals surface area contributed by atoms with Gasteiger partial charge in [-0.2, -0.15) is 0 Å². The minimum Gasteiger partial charge on any atom is -0.203 e. The van der Waals surface area contributed by atoms with Gasteiger partial charge in [-0.05, 0) is 30.4 Å². The Balaban J connectivity index is 2.33. The molecular formula is C11H13FS. The first kappa shape index (κ1) is 10.2. The normalized spacial score (nSPS) is 9.38. The Labute approximate surface area is 82.4 Å². The molecule has 0 aromatic carbocycles. The van der Waals surface area contributed by atoms with Crippen molar-refractivity contribution in [2.45, 2.75) is 26.2 Å². The number of aryl methyl sites for hydroxylation is 1. The first-order valence-corrected chi connectivity index (χ1v) is 5.32. The Kier molecular flexibility index (Phi) is 4.52. The lowest BCUT2D eigenvalue weighted by molar-refractivity contribution is 0.606. The maximum absolute atomic E-state index is 12.6. The smallest absolute Gasteiger partial charge is 0.141 e. The first-order valence-electron chi connectivity index (χ1n) is 4.45. The van der Waals surface area contributed by atoms with E-state index in [2.05, 4.69) is 17.2 Å². The summed E-state index contributed by atoms with van der Waals surface area (Å²) in [6.45, 7) is 1.79. The highest BCUT2D eigenvalue weighted by atomic mass is 32.1. The van der Waals surface area contributed by atoms with Crippen LogP contribution in [-0.4, -0.2) is 0 Å². The molecule has 2 heteroatoms. The summed E-state index contributed by atoms with van der Waals surface area (Å²) < 4.78 is 12.6. The fraction of sp³-hybridized carbons (Fsp3) is 0.364. The molecule has 1 aromatic rings. The molecule has 0 atom stereocenters. The molecule has 0 fully saturated rings. The number of rotatable bonds is 4. The standard InChI is InChI=1S/C11H13FS/c1-2-10(12)6-3-4-7-11-8-5-9-13-11/h3,5,8-9H,2,4,7H2,1H3. The monoisotopic (exact) mass is 196 g/mol. The molecular weight excluding hydrogens is 183 g/mol. The van der Waals surface area contributed by atoms with E-state index >= 15 is 0 Å². The second-order valence-electron chi connectivity index (χ2n) is 2.72. The van der Waals surface area contributed by atoms with Crippen LogP contribution < -0.4 is 0 Å². The van der Waals surface area contributed by atoms with Gasteiger partial charge in [0.05, 0.1) is 0 Å². The van der Waals surface area contributed by atoms with E-state index < -0.39 is 0 Å². The number of halogens is 1. The molecule has 0 saturated carbocycles. The average Bonchev–Trinajstić information content (AvgIpc) is 2.64. The average molecular weight is 196 g/mol. The van der Waals surface area contributed by atoms with Crippen molar-refractivity contribution < 1.29 is 4.39 Å². The highest BCUT2D eigenvalue weighted by Gasteiger charge is 1.90. The molecule has 13 heavy (non-hydrogen) atoms. The molecule has 70 valence electrons. The fourth-order valence-corrected chi connectivity index (χ4v) is 1.68. The van der Waals surface area contributed by atoms with Crippen molar-refractivity contribution >= 4 is 11.3 Å². The van der Waals surface area contributed by atoms with Crippen LogP contribution in [0.25, 0.3) is 0 Å². The van der Waals surface area contributed by atoms with Crippen LogP contribution in [0.1, 0.15) is 24.6 Å². The van der Waals surface area contributed by atoms with E-state index in [1.54, 1.807) is 24.3 Å². The predicted molar refractivity (Wildman–Crippen MR) is 55.6 cm³/mol. The summed E-state index contributed by atoms with van der Waals surface area (Å²) in [6.07, 6.45) is 4.07. The second-order valence-corrected chi connectivity index (χ2v) is 3.76. The Bertz CT molecular complexity index is 292. The maximum Gasteiger partial charge on any atom is 0.141 e. The number of hydrogen-bond acceptors (Lipinski definition) is 1. The fourth-order valence-electron chi connectivity index (χ4n) is 0.954. The molecule has 0 bridgehead atoms. The molecule has 1 heterocycles. The zero-order valence-corrected chi connectivity index (χ0v) is 8.53. The number of allylic oxidation sites excluding steroid dienone is 1. The highest BCUT2D eigenvalue weighted by Crippen LogP contribution is 2.11. The third kappa shape index (κ3) is 4.07. The molecule has 0 nitrogen and oxygen atoms in total. The van der Waals surface area contributed by atoms with Crippen molar-refractivity contribution in [1.29, 1.82) is 0 Å². The van der Waals surface area contributed by atoms with E-state index in [0.29, 0.717) is 6.42 Å². The summed E-state index contributed by atoms with van der Waals surface area (Å²) >= 11 is 1.74. The van der Waals surface area contributed by atoms with Crippen LogP contribution in [0.15, 0.2) is 35.1 Å². The third-order valence-electron chi connectivity index (χ3n) is 1.68. The van der Waals surface area contributed by atoms with Gasteiger partial charge in [-0.3, -0.25) is 0 Å². The lowest BCUT2D eigenvalue weighted by atomic mass is 10.2. The van der Waals surface area contributed by atoms with Crippen LogP contribution in [0.4, 0.5) is 4.39 Å². The second kappa shape index (κ2) is 5.74. The van der Waals surface area contributed by atoms with Crippen LogP contribution in [-0.2, 0) is 6.42 Å². The summed E-state index contributed by atoms with van der Waals surface area (Å²) in [7, 11) is 0. The van der Waals surface area contributed by atoms with E-state index in [1.165, 1.54) is 4.88 Å². The largest absolute Gasteiger partial charge is 0.203 e. The van der Waals surface area contributed by atoms with Crippen molar-refractivity contribution in [2.75, 3.05) is 0 Å². The molecule has 0 amide bonds. The Morgan fingerprint density at radius 2 is 2.54 bits per heavy atom. The third-order valence-corrected chi connectivity index (χ3v) is 2.62. The lowest BCUT2D eigenvalue weighted by Gasteiger charge is -1.88. The van der Waals surface area contributed by atoms with E-state index in [1.807, 2.05) is 6.07 Å². The summed E-state index contributed by atoms with van der Waals surface area (Å²) in [5, 5.41) is 2.06. The number of hydrogen-bond donors (Lipinski definition) is 0. The van der Waals surface area contributed by atoms with Gasteiger partial charge in [0.1, 0.15) is 5.83 Å². The highest BCUT2D eigenvalue weighted by molar-refractivity contribution is 7.09. The van der Waals surface area contributed by atoms with Gasteiger partial charge in [0.2, 0.25) is 0 Å². The van der Waals surface area contributed by atoms with Crippen LogP contribution in [0, 0.1) is 0 Å². The van der Waals surface area contributed by atoms with E-state index in [0.717, 1.165) is 12.8 Å². The van der Waals surface area contributed by atoms with Crippen LogP contribution in [0.3, 0.4) is 0 Å². The molecule has 0 spiro atoms. The molecule has 0 aliphatic rings. The van der Waals surface area contributed by atoms with E-state index in [-0.39, 0.29) is 5.83 Å². The molecule has 0 aliphatic carbocycles. The van der Waals surface area contributed by atoms with E-state index in [9.17, 15) is 4.39 Å². The minimum atomic E-state index is -0.161. The Morgan fingerprint density at radius 3 is 3.15 bits per heavy atom. The van der Waals surface area contributed by atoms with Crippen molar-refractivity contribution in [3.63, 3.8) is 0 Å². The van der Waals surface area contributed by atoms with Gasteiger partial charge in [-0.25, -0.2) is 4.39 Å². The zero-order chi connectivity index (χ0) is 9.52. The topological polar surface area (TPSA) is 0 Å². The van der Waals surface area contributed by atoms with Gasteiger partial charge in [0.25, 0.3) is 0 Å². The van der Waals surface area contributed by atoms with Crippen LogP contribution in [0.2, 0.25) is 0 Å². The quantitative estimate of drug-likeness (QED) is 0.636. The van der Waals surface area contributed by atoms with Crippen molar-refractivity contribution in [1.82, 2.24) is 0 Å². The summed E-state index contributed by atoms with van der Waals surface area (Å²) in [6, 6.07) is 4.13. The summed E-state index contributed by atoms with van der Waals surface area (Å²) in [5.74, 6) is -0.161. The van der Waals surface area contributed by atoms with Gasteiger partial charge in [0.15, 0.2) is 0 Å². The molecule has 0 saturated heterocycles. The van der Waals surface area contributed by atoms with Crippen molar-refractivity contribution in [3.8, 4) is 0 Å². The molecule has 0 aliphatic heterocycles. The van der Waals surface area contributed by atoms with Gasteiger partial charge < -0.3 is 0 Å². The van der Waals surface area contributed by atoms with Crippen molar-refractivity contribution in [3.05, 3.63) is 40.0 Å².